The molecule has 0 radical (unpaired) electrons. The Morgan fingerprint density at radius 2 is 1.89 bits per heavy atom. The van der Waals surface area contributed by atoms with Crippen LogP contribution in [0, 0.1) is 0 Å². The largest absolute Gasteiger partial charge is 0.444 e. The molecule has 1 aromatic heterocycles. The van der Waals surface area contributed by atoms with Gasteiger partial charge in [0.25, 0.3) is 5.56 Å². The molecule has 5 heteroatoms. The Labute approximate surface area is 160 Å². The highest BCUT2D eigenvalue weighted by Gasteiger charge is 2.28. The van der Waals surface area contributed by atoms with Gasteiger partial charge >= 0.3 is 6.09 Å². The van der Waals surface area contributed by atoms with E-state index in [2.05, 4.69) is 0 Å². The number of hydrogen-bond acceptors (Lipinski definition) is 3. The number of carbonyl (C=O) groups is 1. The number of benzene rings is 1. The van der Waals surface area contributed by atoms with Gasteiger partial charge in [0.2, 0.25) is 0 Å². The molecule has 1 aliphatic heterocycles. The summed E-state index contributed by atoms with van der Waals surface area (Å²) in [6.45, 7) is 7.53. The normalized spacial score (nSPS) is 17.6. The monoisotopic (exact) mass is 368 g/mol. The Bertz CT molecular complexity index is 837. The first-order valence-electron chi connectivity index (χ1n) is 9.54. The van der Waals surface area contributed by atoms with Gasteiger partial charge in [-0.2, -0.15) is 0 Å². The molecule has 27 heavy (non-hydrogen) atoms. The van der Waals surface area contributed by atoms with Crippen LogP contribution >= 0.6 is 0 Å². The van der Waals surface area contributed by atoms with E-state index in [1.807, 2.05) is 63.4 Å². The van der Waals surface area contributed by atoms with E-state index in [1.165, 1.54) is 0 Å². The third-order valence-electron chi connectivity index (χ3n) is 4.75. The molecule has 2 aromatic rings. The third kappa shape index (κ3) is 5.22. The Morgan fingerprint density at radius 3 is 2.59 bits per heavy atom. The first-order valence-corrected chi connectivity index (χ1v) is 9.54. The zero-order chi connectivity index (χ0) is 19.4. The summed E-state index contributed by atoms with van der Waals surface area (Å²) < 4.78 is 7.26. The fourth-order valence-corrected chi connectivity index (χ4v) is 3.44. The average molecular weight is 368 g/mol. The van der Waals surface area contributed by atoms with Gasteiger partial charge in [0.1, 0.15) is 5.60 Å². The van der Waals surface area contributed by atoms with Crippen molar-refractivity contribution < 1.29 is 9.53 Å². The van der Waals surface area contributed by atoms with Gasteiger partial charge < -0.3 is 14.2 Å². The van der Waals surface area contributed by atoms with Crippen molar-refractivity contribution in [2.75, 3.05) is 13.1 Å². The quantitative estimate of drug-likeness (QED) is 0.822. The lowest BCUT2D eigenvalue weighted by molar-refractivity contribution is 0.0198. The molecule has 144 valence electrons. The third-order valence-corrected chi connectivity index (χ3v) is 4.75. The SMILES string of the molecule is CC(C)(C)OC(=O)N1CCCC(c2ccc(=O)n(Cc3ccccc3)c2)C1. The number of rotatable bonds is 3. The molecule has 1 unspecified atom stereocenters. The van der Waals surface area contributed by atoms with Gasteiger partial charge in [0.05, 0.1) is 6.54 Å². The van der Waals surface area contributed by atoms with Gasteiger partial charge in [-0.3, -0.25) is 4.79 Å². The number of amides is 1. The number of piperidine rings is 1. The van der Waals surface area contributed by atoms with E-state index < -0.39 is 5.60 Å². The lowest BCUT2D eigenvalue weighted by atomic mass is 9.92. The van der Waals surface area contributed by atoms with E-state index in [0.29, 0.717) is 13.1 Å². The topological polar surface area (TPSA) is 51.5 Å². The standard InChI is InChI=1S/C22H28N2O3/c1-22(2,3)27-21(26)23-13-7-10-18(15-23)19-11-12-20(25)24(16-19)14-17-8-5-4-6-9-17/h4-6,8-9,11-12,16,18H,7,10,13-15H2,1-3H3. The molecule has 0 aliphatic carbocycles. The summed E-state index contributed by atoms with van der Waals surface area (Å²) in [7, 11) is 0. The molecule has 1 atom stereocenters. The number of carbonyl (C=O) groups excluding carboxylic acids is 1. The summed E-state index contributed by atoms with van der Waals surface area (Å²) in [5, 5.41) is 0. The Morgan fingerprint density at radius 1 is 1.15 bits per heavy atom. The lowest BCUT2D eigenvalue weighted by Gasteiger charge is -2.34. The number of nitrogens with zero attached hydrogens (tertiary/aromatic N) is 2. The van der Waals surface area contributed by atoms with Gasteiger partial charge in [-0.1, -0.05) is 36.4 Å². The molecular formula is C22H28N2O3. The highest BCUT2D eigenvalue weighted by atomic mass is 16.6. The molecule has 1 fully saturated rings. The van der Waals surface area contributed by atoms with Crippen molar-refractivity contribution in [1.29, 1.82) is 0 Å². The summed E-state index contributed by atoms with van der Waals surface area (Å²) in [5.41, 5.74) is 1.68. The van der Waals surface area contributed by atoms with Crippen molar-refractivity contribution in [1.82, 2.24) is 9.47 Å². The van der Waals surface area contributed by atoms with Crippen molar-refractivity contribution in [3.63, 3.8) is 0 Å². The van der Waals surface area contributed by atoms with Crippen LogP contribution in [0.3, 0.4) is 0 Å². The molecule has 0 bridgehead atoms. The number of ether oxygens (including phenoxy) is 1. The Hall–Kier alpha value is -2.56. The van der Waals surface area contributed by atoms with Crippen LogP contribution < -0.4 is 5.56 Å². The fraction of sp³-hybridized carbons (Fsp3) is 0.455. The summed E-state index contributed by atoms with van der Waals surface area (Å²) in [5.74, 6) is 0.217. The molecular weight excluding hydrogens is 340 g/mol. The van der Waals surface area contributed by atoms with E-state index >= 15 is 0 Å². The predicted octanol–water partition coefficient (Wildman–Crippen LogP) is 4.01. The molecule has 5 nitrogen and oxygen atoms in total. The van der Waals surface area contributed by atoms with Gasteiger partial charge in [-0.15, -0.1) is 0 Å². The highest BCUT2D eigenvalue weighted by Crippen LogP contribution is 2.27. The number of likely N-dealkylation sites (tertiary alicyclic amines) is 1. The predicted molar refractivity (Wildman–Crippen MR) is 106 cm³/mol. The minimum absolute atomic E-state index is 0.0117. The lowest BCUT2D eigenvalue weighted by Crippen LogP contribution is -2.42. The second kappa shape index (κ2) is 7.99. The molecule has 0 saturated carbocycles. The van der Waals surface area contributed by atoms with Crippen LogP contribution in [0.5, 0.6) is 0 Å². The van der Waals surface area contributed by atoms with Crippen LogP contribution in [-0.2, 0) is 11.3 Å². The Balaban J connectivity index is 1.75. The van der Waals surface area contributed by atoms with Crippen LogP contribution in [0.25, 0.3) is 0 Å². The first-order chi connectivity index (χ1) is 12.8. The Kier molecular flexibility index (Phi) is 5.68. The molecule has 0 spiro atoms. The van der Waals surface area contributed by atoms with E-state index in [0.717, 1.165) is 30.5 Å². The highest BCUT2D eigenvalue weighted by molar-refractivity contribution is 5.68. The smallest absolute Gasteiger partial charge is 0.410 e. The molecule has 2 heterocycles. The number of aromatic nitrogens is 1. The average Bonchev–Trinajstić information content (AvgIpc) is 2.63. The van der Waals surface area contributed by atoms with E-state index in [9.17, 15) is 9.59 Å². The maximum Gasteiger partial charge on any atom is 0.410 e. The van der Waals surface area contributed by atoms with Gasteiger partial charge in [-0.25, -0.2) is 4.79 Å². The van der Waals surface area contributed by atoms with Gasteiger partial charge in [-0.05, 0) is 44.7 Å². The minimum Gasteiger partial charge on any atom is -0.444 e. The maximum absolute atomic E-state index is 12.4. The fourth-order valence-electron chi connectivity index (χ4n) is 3.44. The molecule has 3 rings (SSSR count). The summed E-state index contributed by atoms with van der Waals surface area (Å²) in [6, 6.07) is 13.5. The van der Waals surface area contributed by atoms with Crippen molar-refractivity contribution >= 4 is 6.09 Å². The maximum atomic E-state index is 12.4. The molecule has 1 aliphatic rings. The van der Waals surface area contributed by atoms with Crippen LogP contribution in [-0.4, -0.2) is 34.3 Å². The molecule has 0 N–H and O–H groups in total. The van der Waals surface area contributed by atoms with Crippen LogP contribution in [0.4, 0.5) is 4.79 Å². The molecule has 1 saturated heterocycles. The van der Waals surface area contributed by atoms with E-state index in [1.54, 1.807) is 15.5 Å². The van der Waals surface area contributed by atoms with Crippen LogP contribution in [0.2, 0.25) is 0 Å². The summed E-state index contributed by atoms with van der Waals surface area (Å²) in [4.78, 5) is 26.5. The molecule has 1 amide bonds. The summed E-state index contributed by atoms with van der Waals surface area (Å²) in [6.07, 6.45) is 3.62. The summed E-state index contributed by atoms with van der Waals surface area (Å²) >= 11 is 0. The van der Waals surface area contributed by atoms with Gasteiger partial charge in [0.15, 0.2) is 0 Å². The van der Waals surface area contributed by atoms with E-state index in [-0.39, 0.29) is 17.6 Å². The number of pyridine rings is 1. The first kappa shape index (κ1) is 19.2. The zero-order valence-corrected chi connectivity index (χ0v) is 16.4. The van der Waals surface area contributed by atoms with Crippen LogP contribution in [0.1, 0.15) is 50.7 Å². The van der Waals surface area contributed by atoms with Crippen molar-refractivity contribution in [3.8, 4) is 0 Å². The van der Waals surface area contributed by atoms with Crippen molar-refractivity contribution in [2.24, 2.45) is 0 Å². The molecule has 1 aromatic carbocycles. The minimum atomic E-state index is -0.493. The van der Waals surface area contributed by atoms with Crippen molar-refractivity contribution in [2.45, 2.75) is 51.7 Å². The van der Waals surface area contributed by atoms with Gasteiger partial charge in [0, 0.05) is 31.3 Å². The van der Waals surface area contributed by atoms with Crippen LogP contribution in [0.15, 0.2) is 53.5 Å². The second-order valence-electron chi connectivity index (χ2n) is 8.18. The van der Waals surface area contributed by atoms with E-state index in [4.69, 9.17) is 4.74 Å². The van der Waals surface area contributed by atoms with Crippen molar-refractivity contribution in [3.05, 3.63) is 70.1 Å². The zero-order valence-electron chi connectivity index (χ0n) is 16.4. The second-order valence-corrected chi connectivity index (χ2v) is 8.18. The number of hydrogen-bond donors (Lipinski definition) is 0.